The molecule has 1 fully saturated rings. The SMILES string of the molecule is O=C(C=Cc1ccc(F)cc1)NCc1ccc(N2CCCC2=O)cc1. The molecule has 1 aliphatic heterocycles. The normalized spacial score (nSPS) is 14.3. The number of benzene rings is 2. The minimum Gasteiger partial charge on any atom is -0.348 e. The number of hydrogen-bond donors (Lipinski definition) is 1. The lowest BCUT2D eigenvalue weighted by Crippen LogP contribution is -2.23. The van der Waals surface area contributed by atoms with Gasteiger partial charge in [0.1, 0.15) is 5.82 Å². The molecule has 5 heteroatoms. The summed E-state index contributed by atoms with van der Waals surface area (Å²) in [5.41, 5.74) is 2.61. The van der Waals surface area contributed by atoms with Crippen molar-refractivity contribution in [2.45, 2.75) is 19.4 Å². The molecular formula is C20H19FN2O2. The van der Waals surface area contributed by atoms with Gasteiger partial charge in [0.2, 0.25) is 11.8 Å². The Kier molecular flexibility index (Phi) is 5.23. The molecule has 2 aromatic rings. The van der Waals surface area contributed by atoms with Gasteiger partial charge in [0.05, 0.1) is 0 Å². The van der Waals surface area contributed by atoms with Gasteiger partial charge >= 0.3 is 0 Å². The van der Waals surface area contributed by atoms with Crippen LogP contribution in [0.4, 0.5) is 10.1 Å². The Morgan fingerprint density at radius 3 is 2.48 bits per heavy atom. The van der Waals surface area contributed by atoms with Crippen LogP contribution in [0.5, 0.6) is 0 Å². The highest BCUT2D eigenvalue weighted by Gasteiger charge is 2.21. The van der Waals surface area contributed by atoms with Crippen molar-refractivity contribution in [2.24, 2.45) is 0 Å². The number of nitrogens with one attached hydrogen (secondary N) is 1. The zero-order chi connectivity index (χ0) is 17.6. The van der Waals surface area contributed by atoms with Gasteiger partial charge in [-0.05, 0) is 47.9 Å². The Morgan fingerprint density at radius 1 is 1.12 bits per heavy atom. The molecular weight excluding hydrogens is 319 g/mol. The van der Waals surface area contributed by atoms with Gasteiger partial charge < -0.3 is 10.2 Å². The zero-order valence-corrected chi connectivity index (χ0v) is 13.7. The molecule has 25 heavy (non-hydrogen) atoms. The fourth-order valence-corrected chi connectivity index (χ4v) is 2.71. The minimum absolute atomic E-state index is 0.159. The van der Waals surface area contributed by atoms with Crippen molar-refractivity contribution in [1.29, 1.82) is 0 Å². The van der Waals surface area contributed by atoms with Crippen LogP contribution in [0.3, 0.4) is 0 Å². The van der Waals surface area contributed by atoms with E-state index in [9.17, 15) is 14.0 Å². The fourth-order valence-electron chi connectivity index (χ4n) is 2.71. The van der Waals surface area contributed by atoms with Crippen molar-refractivity contribution < 1.29 is 14.0 Å². The van der Waals surface area contributed by atoms with Crippen LogP contribution in [0.2, 0.25) is 0 Å². The molecule has 3 rings (SSSR count). The van der Waals surface area contributed by atoms with Gasteiger partial charge in [-0.1, -0.05) is 24.3 Å². The van der Waals surface area contributed by atoms with Crippen LogP contribution in [0, 0.1) is 5.82 Å². The largest absolute Gasteiger partial charge is 0.348 e. The lowest BCUT2D eigenvalue weighted by Gasteiger charge is -2.15. The van der Waals surface area contributed by atoms with Crippen LogP contribution in [0.1, 0.15) is 24.0 Å². The number of carbonyl (C=O) groups is 2. The molecule has 0 atom stereocenters. The van der Waals surface area contributed by atoms with Crippen molar-refractivity contribution in [3.8, 4) is 0 Å². The second-order valence-corrected chi connectivity index (χ2v) is 5.92. The topological polar surface area (TPSA) is 49.4 Å². The van der Waals surface area contributed by atoms with Gasteiger partial charge in [0, 0.05) is 31.3 Å². The van der Waals surface area contributed by atoms with E-state index in [2.05, 4.69) is 5.32 Å². The molecule has 2 amide bonds. The molecule has 1 N–H and O–H groups in total. The average molecular weight is 338 g/mol. The van der Waals surface area contributed by atoms with Crippen molar-refractivity contribution in [3.63, 3.8) is 0 Å². The zero-order valence-electron chi connectivity index (χ0n) is 13.7. The summed E-state index contributed by atoms with van der Waals surface area (Å²) in [6.45, 7) is 1.17. The number of nitrogens with zero attached hydrogens (tertiary/aromatic N) is 1. The Morgan fingerprint density at radius 2 is 1.84 bits per heavy atom. The number of carbonyl (C=O) groups excluding carboxylic acids is 2. The monoisotopic (exact) mass is 338 g/mol. The molecule has 1 saturated heterocycles. The summed E-state index contributed by atoms with van der Waals surface area (Å²) >= 11 is 0. The lowest BCUT2D eigenvalue weighted by atomic mass is 10.2. The van der Waals surface area contributed by atoms with Crippen molar-refractivity contribution in [1.82, 2.24) is 5.32 Å². The van der Waals surface area contributed by atoms with E-state index < -0.39 is 0 Å². The highest BCUT2D eigenvalue weighted by molar-refractivity contribution is 5.95. The molecule has 0 unspecified atom stereocenters. The molecule has 1 heterocycles. The summed E-state index contributed by atoms with van der Waals surface area (Å²) in [6, 6.07) is 13.5. The van der Waals surface area contributed by atoms with Crippen LogP contribution in [0.15, 0.2) is 54.6 Å². The molecule has 0 radical (unpaired) electrons. The predicted molar refractivity (Wildman–Crippen MR) is 95.3 cm³/mol. The Balaban J connectivity index is 1.51. The lowest BCUT2D eigenvalue weighted by molar-refractivity contribution is -0.117. The first kappa shape index (κ1) is 16.9. The van der Waals surface area contributed by atoms with E-state index in [4.69, 9.17) is 0 Å². The van der Waals surface area contributed by atoms with Crippen LogP contribution in [0.25, 0.3) is 6.08 Å². The third-order valence-electron chi connectivity index (χ3n) is 4.09. The highest BCUT2D eigenvalue weighted by Crippen LogP contribution is 2.21. The summed E-state index contributed by atoms with van der Waals surface area (Å²) in [4.78, 5) is 25.4. The van der Waals surface area contributed by atoms with Crippen LogP contribution < -0.4 is 10.2 Å². The Bertz CT molecular complexity index is 782. The number of hydrogen-bond acceptors (Lipinski definition) is 2. The third kappa shape index (κ3) is 4.53. The summed E-state index contributed by atoms with van der Waals surface area (Å²) in [5, 5.41) is 2.80. The Hall–Kier alpha value is -2.95. The van der Waals surface area contributed by atoms with Gasteiger partial charge in [-0.3, -0.25) is 9.59 Å². The molecule has 2 aromatic carbocycles. The maximum atomic E-state index is 12.8. The smallest absolute Gasteiger partial charge is 0.244 e. The molecule has 0 aliphatic carbocycles. The molecule has 4 nitrogen and oxygen atoms in total. The van der Waals surface area contributed by atoms with Crippen LogP contribution >= 0.6 is 0 Å². The second-order valence-electron chi connectivity index (χ2n) is 5.92. The maximum Gasteiger partial charge on any atom is 0.244 e. The molecule has 128 valence electrons. The third-order valence-corrected chi connectivity index (χ3v) is 4.09. The quantitative estimate of drug-likeness (QED) is 0.851. The summed E-state index contributed by atoms with van der Waals surface area (Å²) in [7, 11) is 0. The average Bonchev–Trinajstić information content (AvgIpc) is 3.06. The standard InChI is InChI=1S/C20H19FN2O2/c21-17-8-3-15(4-9-17)7-12-19(24)22-14-16-5-10-18(11-6-16)23-13-1-2-20(23)25/h3-12H,1-2,13-14H2,(H,22,24). The first-order valence-electron chi connectivity index (χ1n) is 8.22. The van der Waals surface area contributed by atoms with E-state index in [1.54, 1.807) is 23.1 Å². The van der Waals surface area contributed by atoms with Crippen LogP contribution in [-0.2, 0) is 16.1 Å². The highest BCUT2D eigenvalue weighted by atomic mass is 19.1. The summed E-state index contributed by atoms with van der Waals surface area (Å²) in [5.74, 6) is -0.365. The van der Waals surface area contributed by atoms with Crippen molar-refractivity contribution in [2.75, 3.05) is 11.4 Å². The number of halogens is 1. The van der Waals surface area contributed by atoms with Crippen molar-refractivity contribution in [3.05, 3.63) is 71.6 Å². The Labute approximate surface area is 146 Å². The van der Waals surface area contributed by atoms with Gasteiger partial charge in [0.15, 0.2) is 0 Å². The van der Waals surface area contributed by atoms with E-state index in [0.717, 1.165) is 29.8 Å². The first-order chi connectivity index (χ1) is 12.1. The maximum absolute atomic E-state index is 12.8. The van der Waals surface area contributed by atoms with Crippen molar-refractivity contribution >= 4 is 23.6 Å². The summed E-state index contributed by atoms with van der Waals surface area (Å²) in [6.07, 6.45) is 4.57. The number of anilines is 1. The fraction of sp³-hybridized carbons (Fsp3) is 0.200. The molecule has 0 aromatic heterocycles. The van der Waals surface area contributed by atoms with Gasteiger partial charge in [0.25, 0.3) is 0 Å². The summed E-state index contributed by atoms with van der Waals surface area (Å²) < 4.78 is 12.8. The van der Waals surface area contributed by atoms with Gasteiger partial charge in [-0.2, -0.15) is 0 Å². The van der Waals surface area contributed by atoms with Crippen LogP contribution in [-0.4, -0.2) is 18.4 Å². The van der Waals surface area contributed by atoms with E-state index in [1.165, 1.54) is 18.2 Å². The number of amides is 2. The first-order valence-corrected chi connectivity index (χ1v) is 8.22. The molecule has 0 bridgehead atoms. The molecule has 0 spiro atoms. The van der Waals surface area contributed by atoms with E-state index in [-0.39, 0.29) is 17.6 Å². The molecule has 1 aliphatic rings. The van der Waals surface area contributed by atoms with E-state index >= 15 is 0 Å². The minimum atomic E-state index is -0.305. The second kappa shape index (κ2) is 7.75. The van der Waals surface area contributed by atoms with E-state index in [1.807, 2.05) is 24.3 Å². The van der Waals surface area contributed by atoms with Gasteiger partial charge in [-0.25, -0.2) is 4.39 Å². The van der Waals surface area contributed by atoms with Gasteiger partial charge in [-0.15, -0.1) is 0 Å². The number of rotatable bonds is 5. The predicted octanol–water partition coefficient (Wildman–Crippen LogP) is 3.28. The molecule has 0 saturated carbocycles. The van der Waals surface area contributed by atoms with E-state index in [0.29, 0.717) is 13.0 Å².